The van der Waals surface area contributed by atoms with Gasteiger partial charge in [-0.2, -0.15) is 0 Å². The predicted molar refractivity (Wildman–Crippen MR) is 128 cm³/mol. The van der Waals surface area contributed by atoms with Gasteiger partial charge in [0.05, 0.1) is 5.69 Å². The standard InChI is InChI=1S/C26H26ClFN2O3/c27-21-9-5-19(6-10-21)26(32)20-7-11-23(12-8-20)33-18-22(31)17-29-13-15-30(16-14-29)25-4-2-1-3-24(25)28/h1-12,22,31H,13-18H2. The van der Waals surface area contributed by atoms with Gasteiger partial charge in [0.15, 0.2) is 5.78 Å². The predicted octanol–water partition coefficient (Wildman–Crippen LogP) is 4.27. The van der Waals surface area contributed by atoms with E-state index in [9.17, 15) is 14.3 Å². The Labute approximate surface area is 198 Å². The maximum atomic E-state index is 14.0. The zero-order valence-corrected chi connectivity index (χ0v) is 18.9. The Morgan fingerprint density at radius 2 is 1.55 bits per heavy atom. The van der Waals surface area contributed by atoms with Crippen LogP contribution in [0.4, 0.5) is 10.1 Å². The number of nitrogens with zero attached hydrogens (tertiary/aromatic N) is 2. The molecule has 0 spiro atoms. The number of piperazine rings is 1. The van der Waals surface area contributed by atoms with E-state index >= 15 is 0 Å². The molecule has 1 saturated heterocycles. The molecule has 0 radical (unpaired) electrons. The van der Waals surface area contributed by atoms with Gasteiger partial charge in [0, 0.05) is 48.9 Å². The maximum absolute atomic E-state index is 14.0. The third-order valence-electron chi connectivity index (χ3n) is 5.70. The molecule has 3 aromatic carbocycles. The number of carbonyl (C=O) groups excluding carboxylic acids is 1. The van der Waals surface area contributed by atoms with Crippen molar-refractivity contribution in [2.45, 2.75) is 6.10 Å². The summed E-state index contributed by atoms with van der Waals surface area (Å²) in [5.74, 6) is 0.291. The van der Waals surface area contributed by atoms with Gasteiger partial charge in [0.2, 0.25) is 0 Å². The quantitative estimate of drug-likeness (QED) is 0.500. The summed E-state index contributed by atoms with van der Waals surface area (Å²) >= 11 is 5.88. The Kier molecular flexibility index (Phi) is 7.60. The molecule has 0 bridgehead atoms. The van der Waals surface area contributed by atoms with Crippen LogP contribution in [0.3, 0.4) is 0 Å². The number of para-hydroxylation sites is 1. The first-order chi connectivity index (χ1) is 16.0. The van der Waals surface area contributed by atoms with Gasteiger partial charge in [-0.15, -0.1) is 0 Å². The number of anilines is 1. The highest BCUT2D eigenvalue weighted by Crippen LogP contribution is 2.21. The lowest BCUT2D eigenvalue weighted by Gasteiger charge is -2.36. The smallest absolute Gasteiger partial charge is 0.193 e. The van der Waals surface area contributed by atoms with Crippen molar-refractivity contribution in [3.8, 4) is 5.75 Å². The molecule has 1 fully saturated rings. The molecule has 4 rings (SSSR count). The molecule has 0 amide bonds. The third-order valence-corrected chi connectivity index (χ3v) is 5.95. The second kappa shape index (κ2) is 10.8. The number of aliphatic hydroxyl groups is 1. The van der Waals surface area contributed by atoms with Gasteiger partial charge in [-0.25, -0.2) is 4.39 Å². The summed E-state index contributed by atoms with van der Waals surface area (Å²) < 4.78 is 19.7. The van der Waals surface area contributed by atoms with E-state index in [0.717, 1.165) is 13.1 Å². The van der Waals surface area contributed by atoms with Crippen LogP contribution in [0.1, 0.15) is 15.9 Å². The SMILES string of the molecule is O=C(c1ccc(Cl)cc1)c1ccc(OCC(O)CN2CCN(c3ccccc3F)CC2)cc1. The molecule has 33 heavy (non-hydrogen) atoms. The Morgan fingerprint density at radius 1 is 0.939 bits per heavy atom. The van der Waals surface area contributed by atoms with Crippen molar-refractivity contribution in [3.63, 3.8) is 0 Å². The number of ether oxygens (including phenoxy) is 1. The summed E-state index contributed by atoms with van der Waals surface area (Å²) in [6.45, 7) is 3.53. The fourth-order valence-corrected chi connectivity index (χ4v) is 4.02. The summed E-state index contributed by atoms with van der Waals surface area (Å²) in [4.78, 5) is 16.7. The van der Waals surface area contributed by atoms with Crippen molar-refractivity contribution < 1.29 is 19.0 Å². The van der Waals surface area contributed by atoms with Crippen molar-refractivity contribution in [2.75, 3.05) is 44.2 Å². The minimum Gasteiger partial charge on any atom is -0.491 e. The molecule has 0 saturated carbocycles. The summed E-state index contributed by atoms with van der Waals surface area (Å²) in [7, 11) is 0. The number of β-amino-alcohol motifs (C(OH)–C–C–N with tert-alkyl or cyclic N) is 1. The van der Waals surface area contributed by atoms with Crippen LogP contribution in [-0.2, 0) is 0 Å². The normalized spacial score (nSPS) is 15.3. The van der Waals surface area contributed by atoms with E-state index in [0.29, 0.717) is 47.2 Å². The van der Waals surface area contributed by atoms with Crippen LogP contribution in [-0.4, -0.2) is 61.2 Å². The highest BCUT2D eigenvalue weighted by molar-refractivity contribution is 6.30. The van der Waals surface area contributed by atoms with Crippen LogP contribution < -0.4 is 9.64 Å². The van der Waals surface area contributed by atoms with Gasteiger partial charge in [-0.05, 0) is 60.7 Å². The maximum Gasteiger partial charge on any atom is 0.193 e. The first-order valence-corrected chi connectivity index (χ1v) is 11.3. The molecule has 7 heteroatoms. The molecule has 1 N–H and O–H groups in total. The van der Waals surface area contributed by atoms with E-state index < -0.39 is 6.10 Å². The Balaban J connectivity index is 1.22. The first-order valence-electron chi connectivity index (χ1n) is 10.9. The number of hydrogen-bond donors (Lipinski definition) is 1. The van der Waals surface area contributed by atoms with E-state index in [1.165, 1.54) is 6.07 Å². The van der Waals surface area contributed by atoms with Crippen molar-refractivity contribution in [2.24, 2.45) is 0 Å². The molecule has 3 aromatic rings. The molecule has 1 atom stereocenters. The van der Waals surface area contributed by atoms with Crippen LogP contribution in [0.25, 0.3) is 0 Å². The number of aliphatic hydroxyl groups excluding tert-OH is 1. The lowest BCUT2D eigenvalue weighted by molar-refractivity contribution is 0.0662. The lowest BCUT2D eigenvalue weighted by atomic mass is 10.0. The number of ketones is 1. The van der Waals surface area contributed by atoms with Crippen molar-refractivity contribution in [1.82, 2.24) is 4.90 Å². The highest BCUT2D eigenvalue weighted by Gasteiger charge is 2.21. The fraction of sp³-hybridized carbons (Fsp3) is 0.269. The Bertz CT molecular complexity index is 1070. The van der Waals surface area contributed by atoms with Crippen LogP contribution in [0.2, 0.25) is 5.02 Å². The summed E-state index contributed by atoms with van der Waals surface area (Å²) in [5, 5.41) is 11.0. The molecule has 1 heterocycles. The molecule has 1 aliphatic rings. The minimum atomic E-state index is -0.652. The Morgan fingerprint density at radius 3 is 2.18 bits per heavy atom. The lowest BCUT2D eigenvalue weighted by Crippen LogP contribution is -2.49. The molecule has 5 nitrogen and oxygen atoms in total. The number of carbonyl (C=O) groups is 1. The minimum absolute atomic E-state index is 0.0900. The van der Waals surface area contributed by atoms with Crippen LogP contribution in [0.15, 0.2) is 72.8 Å². The van der Waals surface area contributed by atoms with Gasteiger partial charge in [0.25, 0.3) is 0 Å². The first kappa shape index (κ1) is 23.2. The number of benzene rings is 3. The molecule has 1 unspecified atom stereocenters. The summed E-state index contributed by atoms with van der Waals surface area (Å²) in [6, 6.07) is 20.4. The number of rotatable bonds is 8. The summed E-state index contributed by atoms with van der Waals surface area (Å²) in [6.07, 6.45) is -0.652. The summed E-state index contributed by atoms with van der Waals surface area (Å²) in [5.41, 5.74) is 1.75. The Hall–Kier alpha value is -2.93. The van der Waals surface area contributed by atoms with Gasteiger partial charge in [0.1, 0.15) is 24.3 Å². The molecule has 0 aromatic heterocycles. The fourth-order valence-electron chi connectivity index (χ4n) is 3.89. The average Bonchev–Trinajstić information content (AvgIpc) is 2.84. The van der Waals surface area contributed by atoms with Crippen LogP contribution in [0.5, 0.6) is 5.75 Å². The zero-order valence-electron chi connectivity index (χ0n) is 18.2. The molecule has 1 aliphatic heterocycles. The monoisotopic (exact) mass is 468 g/mol. The van der Waals surface area contributed by atoms with E-state index in [-0.39, 0.29) is 18.2 Å². The molecule has 0 aliphatic carbocycles. The second-order valence-electron chi connectivity index (χ2n) is 8.06. The highest BCUT2D eigenvalue weighted by atomic mass is 35.5. The van der Waals surface area contributed by atoms with Crippen LogP contribution >= 0.6 is 11.6 Å². The topological polar surface area (TPSA) is 53.0 Å². The number of halogens is 2. The van der Waals surface area contributed by atoms with E-state index in [1.54, 1.807) is 60.7 Å². The molecular formula is C26H26ClFN2O3. The van der Waals surface area contributed by atoms with Crippen molar-refractivity contribution in [1.29, 1.82) is 0 Å². The van der Waals surface area contributed by atoms with Gasteiger partial charge < -0.3 is 14.7 Å². The largest absolute Gasteiger partial charge is 0.491 e. The van der Waals surface area contributed by atoms with E-state index in [1.807, 2.05) is 11.0 Å². The molecule has 172 valence electrons. The van der Waals surface area contributed by atoms with Gasteiger partial charge in [-0.3, -0.25) is 9.69 Å². The van der Waals surface area contributed by atoms with E-state index in [2.05, 4.69) is 4.90 Å². The van der Waals surface area contributed by atoms with Gasteiger partial charge >= 0.3 is 0 Å². The van der Waals surface area contributed by atoms with Crippen molar-refractivity contribution >= 4 is 23.1 Å². The zero-order chi connectivity index (χ0) is 23.2. The molecular weight excluding hydrogens is 443 g/mol. The van der Waals surface area contributed by atoms with Crippen molar-refractivity contribution in [3.05, 3.63) is 94.8 Å². The van der Waals surface area contributed by atoms with E-state index in [4.69, 9.17) is 16.3 Å². The number of hydrogen-bond acceptors (Lipinski definition) is 5. The van der Waals surface area contributed by atoms with Gasteiger partial charge in [-0.1, -0.05) is 23.7 Å². The van der Waals surface area contributed by atoms with Crippen LogP contribution in [0, 0.1) is 5.82 Å². The second-order valence-corrected chi connectivity index (χ2v) is 8.50. The average molecular weight is 469 g/mol. The third kappa shape index (κ3) is 6.11.